The number of rotatable bonds is 9. The summed E-state index contributed by atoms with van der Waals surface area (Å²) in [7, 11) is 0. The van der Waals surface area contributed by atoms with Crippen LogP contribution in [0.15, 0.2) is 82.3 Å². The summed E-state index contributed by atoms with van der Waals surface area (Å²) in [5.74, 6) is 0.785. The van der Waals surface area contributed by atoms with Gasteiger partial charge in [0.25, 0.3) is 11.8 Å². The van der Waals surface area contributed by atoms with Crippen LogP contribution in [0, 0.1) is 11.8 Å². The second-order valence-corrected chi connectivity index (χ2v) is 21.4. The summed E-state index contributed by atoms with van der Waals surface area (Å²) < 4.78 is 2.02. The molecule has 0 N–H and O–H groups in total. The van der Waals surface area contributed by atoms with Crippen LogP contribution in [-0.4, -0.2) is 91.0 Å². The molecule has 2 atom stereocenters. The quantitative estimate of drug-likeness (QED) is 0.133. The summed E-state index contributed by atoms with van der Waals surface area (Å²) in [5, 5.41) is 1.56. The number of amides is 4. The Bertz CT molecular complexity index is 2580. The van der Waals surface area contributed by atoms with Gasteiger partial charge >= 0.3 is 0 Å². The van der Waals surface area contributed by atoms with Gasteiger partial charge in [-0.15, -0.1) is 0 Å². The van der Waals surface area contributed by atoms with E-state index in [1.165, 1.54) is 51.5 Å². The number of unbranched alkanes of at least 4 members (excludes halogenated alkanes) is 1. The van der Waals surface area contributed by atoms with Gasteiger partial charge in [-0.2, -0.15) is 0 Å². The molecule has 0 saturated carbocycles. The van der Waals surface area contributed by atoms with Crippen LogP contribution in [0.1, 0.15) is 142 Å². The summed E-state index contributed by atoms with van der Waals surface area (Å²) in [5.41, 5.74) is 10.4. The lowest BCUT2D eigenvalue weighted by molar-refractivity contribution is -0.133. The first-order valence-electron chi connectivity index (χ1n) is 24.0. The maximum absolute atomic E-state index is 13.0. The maximum Gasteiger partial charge on any atom is 0.281 e. The molecule has 0 spiro atoms. The molecule has 2 fully saturated rings. The van der Waals surface area contributed by atoms with Crippen molar-refractivity contribution in [1.29, 1.82) is 0 Å². The first-order chi connectivity index (χ1) is 33.0. The summed E-state index contributed by atoms with van der Waals surface area (Å²) in [4.78, 5) is 73.4. The Morgan fingerprint density at radius 3 is 1.47 bits per heavy atom. The fourth-order valence-corrected chi connectivity index (χ4v) is 12.3. The molecule has 354 valence electrons. The van der Waals surface area contributed by atoms with E-state index in [-0.39, 0.29) is 42.1 Å². The fourth-order valence-electron chi connectivity index (χ4n) is 11.1. The Labute approximate surface area is 425 Å². The molecular weight excluding hydrogens is 1030 g/mol. The van der Waals surface area contributed by atoms with Gasteiger partial charge in [0.2, 0.25) is 11.8 Å². The van der Waals surface area contributed by atoms with Crippen LogP contribution in [0.4, 0.5) is 0 Å². The van der Waals surface area contributed by atoms with Gasteiger partial charge in [0, 0.05) is 101 Å². The molecule has 10 rings (SSSR count). The van der Waals surface area contributed by atoms with Crippen molar-refractivity contribution in [2.45, 2.75) is 102 Å². The third kappa shape index (κ3) is 10.5. The van der Waals surface area contributed by atoms with Crippen LogP contribution in [-0.2, 0) is 35.3 Å². The second kappa shape index (κ2) is 21.6. The smallest absolute Gasteiger partial charge is 0.281 e. The molecule has 11 nitrogen and oxygen atoms in total. The van der Waals surface area contributed by atoms with Gasteiger partial charge in [-0.1, -0.05) is 48.7 Å². The highest BCUT2D eigenvalue weighted by Gasteiger charge is 2.39. The van der Waals surface area contributed by atoms with Gasteiger partial charge in [0.1, 0.15) is 0 Å². The van der Waals surface area contributed by atoms with Crippen molar-refractivity contribution in [3.8, 4) is 0 Å². The van der Waals surface area contributed by atoms with Crippen LogP contribution in [0.5, 0.6) is 0 Å². The molecule has 2 saturated heterocycles. The largest absolute Gasteiger partial charge is 0.343 e. The van der Waals surface area contributed by atoms with Crippen LogP contribution in [0.3, 0.4) is 0 Å². The number of hydrogen-bond acceptors (Lipinski definition) is 8. The Kier molecular flexibility index (Phi) is 15.4. The van der Waals surface area contributed by atoms with Crippen molar-refractivity contribution in [1.82, 2.24) is 34.6 Å². The number of piperidine rings is 2. The number of carbonyl (C=O) groups is 4. The molecule has 3 aliphatic heterocycles. The topological polar surface area (TPSA) is 130 Å². The number of aryl methyl sites for hydroxylation is 4. The lowest BCUT2D eigenvalue weighted by Crippen LogP contribution is -2.40. The molecule has 15 heteroatoms. The van der Waals surface area contributed by atoms with Gasteiger partial charge in [-0.3, -0.25) is 34.0 Å². The van der Waals surface area contributed by atoms with E-state index in [9.17, 15) is 19.2 Å². The molecule has 3 aromatic heterocycles. The number of pyridine rings is 2. The standard InChI is InChI=1S/C29H27BrClN5O3.C24H28BrClN2O/c30-20-14-19-4-3-18-15-21(31)5-6-22(18)24(25(19)34-16-20)17-7-12-35(13-8-17)23(37)2-1-11-36-28(38)26-27(29(36)39)33-10-9-32-26;1-2-3-4-22(29)28-11-9-16(10-12-28)23-21-8-7-20(26)14-17(21)5-6-18-13-19(25)15-27-24(18)23/h5-6,9-10,14-17,24H,1-4,7-8,11-13H2;7-8,13-16,23H,2-6,9-12H2,1H3. The zero-order valence-corrected chi connectivity index (χ0v) is 42.9. The first-order valence-corrected chi connectivity index (χ1v) is 26.4. The van der Waals surface area contributed by atoms with E-state index in [1.807, 2.05) is 29.4 Å². The summed E-state index contributed by atoms with van der Waals surface area (Å²) in [6, 6.07) is 17.0. The minimum atomic E-state index is -0.442. The van der Waals surface area contributed by atoms with Crippen molar-refractivity contribution in [2.75, 3.05) is 32.7 Å². The second-order valence-electron chi connectivity index (χ2n) is 18.7. The van der Waals surface area contributed by atoms with E-state index in [1.54, 1.807) is 0 Å². The van der Waals surface area contributed by atoms with E-state index < -0.39 is 11.8 Å². The van der Waals surface area contributed by atoms with E-state index in [0.717, 1.165) is 107 Å². The average molecular weight is 1080 g/mol. The van der Waals surface area contributed by atoms with Gasteiger partial charge in [0.05, 0.1) is 11.4 Å². The highest BCUT2D eigenvalue weighted by atomic mass is 79.9. The number of benzene rings is 2. The SMILES string of the molecule is CCCCC(=O)N1CCC(C2c3ccc(Cl)cc3CCc3cc(Br)cnc32)CC1.O=C(CCCN1C(=O)c2nccnc2C1=O)N1CCC(C2c3ccc(Cl)cc3CCc3cc(Br)cnc32)CC1. The minimum Gasteiger partial charge on any atom is -0.343 e. The molecule has 0 radical (unpaired) electrons. The number of halogens is 4. The molecule has 5 aromatic rings. The van der Waals surface area contributed by atoms with E-state index in [0.29, 0.717) is 43.7 Å². The van der Waals surface area contributed by atoms with Crippen molar-refractivity contribution in [2.24, 2.45) is 11.8 Å². The zero-order chi connectivity index (χ0) is 47.5. The van der Waals surface area contributed by atoms with Crippen LogP contribution < -0.4 is 0 Å². The molecule has 68 heavy (non-hydrogen) atoms. The molecule has 2 aliphatic carbocycles. The fraction of sp³-hybridized carbons (Fsp3) is 0.434. The van der Waals surface area contributed by atoms with Crippen molar-refractivity contribution >= 4 is 78.7 Å². The highest BCUT2D eigenvalue weighted by Crippen LogP contribution is 2.45. The Balaban J connectivity index is 0.000000178. The van der Waals surface area contributed by atoms with Crippen molar-refractivity contribution < 1.29 is 19.2 Å². The number of hydrogen-bond donors (Lipinski definition) is 0. The first kappa shape index (κ1) is 48.5. The Morgan fingerprint density at radius 1 is 0.603 bits per heavy atom. The monoisotopic (exact) mass is 1080 g/mol. The van der Waals surface area contributed by atoms with Crippen molar-refractivity contribution in [3.05, 3.63) is 148 Å². The lowest BCUT2D eigenvalue weighted by Gasteiger charge is -2.37. The zero-order valence-electron chi connectivity index (χ0n) is 38.2. The Hall–Kier alpha value is -4.56. The van der Waals surface area contributed by atoms with Gasteiger partial charge < -0.3 is 9.80 Å². The number of carbonyl (C=O) groups excluding carboxylic acids is 4. The number of imide groups is 1. The van der Waals surface area contributed by atoms with E-state index in [2.05, 4.69) is 90.0 Å². The third-order valence-electron chi connectivity index (χ3n) is 14.6. The minimum absolute atomic E-state index is 0.0526. The van der Waals surface area contributed by atoms with Crippen LogP contribution >= 0.6 is 55.1 Å². The number of nitrogens with zero attached hydrogens (tertiary/aromatic N) is 7. The van der Waals surface area contributed by atoms with Crippen LogP contribution in [0.25, 0.3) is 0 Å². The molecule has 0 bridgehead atoms. The molecule has 4 amide bonds. The summed E-state index contributed by atoms with van der Waals surface area (Å²) >= 11 is 19.9. The predicted molar refractivity (Wildman–Crippen MR) is 270 cm³/mol. The number of aromatic nitrogens is 4. The average Bonchev–Trinajstić information content (AvgIpc) is 3.44. The van der Waals surface area contributed by atoms with Gasteiger partial charge in [-0.25, -0.2) is 9.97 Å². The van der Waals surface area contributed by atoms with E-state index in [4.69, 9.17) is 33.2 Å². The normalized spacial score (nSPS) is 19.2. The van der Waals surface area contributed by atoms with Crippen LogP contribution in [0.2, 0.25) is 10.0 Å². The molecule has 2 aromatic carbocycles. The van der Waals surface area contributed by atoms with Crippen molar-refractivity contribution in [3.63, 3.8) is 0 Å². The summed E-state index contributed by atoms with van der Waals surface area (Å²) in [6.45, 7) is 5.39. The van der Waals surface area contributed by atoms with E-state index >= 15 is 0 Å². The summed E-state index contributed by atoms with van der Waals surface area (Å²) in [6.07, 6.45) is 17.7. The molecule has 2 unspecified atom stereocenters. The molecule has 6 heterocycles. The molecule has 5 aliphatic rings. The molecular formula is C53H55Br2Cl2N7O4. The number of fused-ring (bicyclic) bond motifs is 5. The van der Waals surface area contributed by atoms with Gasteiger partial charge in [0.15, 0.2) is 11.4 Å². The predicted octanol–water partition coefficient (Wildman–Crippen LogP) is 11.0. The Morgan fingerprint density at radius 2 is 1.03 bits per heavy atom. The lowest BCUT2D eigenvalue weighted by atomic mass is 9.76. The van der Waals surface area contributed by atoms with Gasteiger partial charge in [-0.05, 0) is 178 Å². The number of likely N-dealkylation sites (tertiary alicyclic amines) is 2. The maximum atomic E-state index is 13.0. The third-order valence-corrected chi connectivity index (χ3v) is 15.9. The highest BCUT2D eigenvalue weighted by molar-refractivity contribution is 9.10.